The molecule has 4 rings (SSSR count). The molecule has 1 saturated heterocycles. The summed E-state index contributed by atoms with van der Waals surface area (Å²) in [6, 6.07) is 7.93. The molecule has 1 amide bonds. The Labute approximate surface area is 162 Å². The first-order valence-corrected chi connectivity index (χ1v) is 9.56. The summed E-state index contributed by atoms with van der Waals surface area (Å²) in [5.74, 6) is 2.49. The van der Waals surface area contributed by atoms with Crippen LogP contribution in [0.3, 0.4) is 0 Å². The molecule has 0 spiro atoms. The van der Waals surface area contributed by atoms with Gasteiger partial charge in [-0.3, -0.25) is 4.79 Å². The minimum Gasteiger partial charge on any atom is -0.342 e. The second-order valence-corrected chi connectivity index (χ2v) is 7.23. The van der Waals surface area contributed by atoms with E-state index >= 15 is 0 Å². The normalized spacial score (nSPS) is 17.1. The van der Waals surface area contributed by atoms with Crippen LogP contribution in [0.2, 0.25) is 0 Å². The Morgan fingerprint density at radius 3 is 2.89 bits per heavy atom. The lowest BCUT2D eigenvalue weighted by atomic mass is 9.97. The summed E-state index contributed by atoms with van der Waals surface area (Å²) >= 11 is 0. The van der Waals surface area contributed by atoms with E-state index < -0.39 is 0 Å². The van der Waals surface area contributed by atoms with Crippen molar-refractivity contribution in [1.82, 2.24) is 25.2 Å². The molecule has 1 aliphatic rings. The van der Waals surface area contributed by atoms with Crippen molar-refractivity contribution < 1.29 is 13.8 Å². The Bertz CT molecular complexity index is 964. The maximum Gasteiger partial charge on any atom is 0.227 e. The summed E-state index contributed by atoms with van der Waals surface area (Å²) in [5, 5.41) is 8.04. The van der Waals surface area contributed by atoms with Crippen LogP contribution >= 0.6 is 0 Å². The van der Waals surface area contributed by atoms with E-state index in [0.29, 0.717) is 42.8 Å². The largest absolute Gasteiger partial charge is 0.342 e. The van der Waals surface area contributed by atoms with Crippen molar-refractivity contribution in [3.05, 3.63) is 47.4 Å². The fraction of sp³-hybridized carbons (Fsp3) is 0.450. The molecule has 0 bridgehead atoms. The number of rotatable bonds is 5. The zero-order chi connectivity index (χ0) is 19.5. The summed E-state index contributed by atoms with van der Waals surface area (Å²) in [5.41, 5.74) is 2.05. The number of aryl methyl sites for hydroxylation is 3. The predicted octanol–water partition coefficient (Wildman–Crippen LogP) is 3.08. The molecule has 0 aliphatic carbocycles. The molecule has 8 nitrogen and oxygen atoms in total. The average molecular weight is 381 g/mol. The standard InChI is InChI=1S/C20H23N5O3/c1-13-5-3-6-15(11-13)19-22-17(28-24-19)8-9-18(26)25-10-4-7-16(12-25)20-21-14(2)27-23-20/h3,5-6,11,16H,4,7-10,12H2,1-2H3/t16-/m1/s1. The molecule has 1 aromatic carbocycles. The van der Waals surface area contributed by atoms with E-state index in [0.717, 1.165) is 30.5 Å². The number of hydrogen-bond donors (Lipinski definition) is 0. The number of hydrogen-bond acceptors (Lipinski definition) is 7. The average Bonchev–Trinajstić information content (AvgIpc) is 3.35. The fourth-order valence-electron chi connectivity index (χ4n) is 3.52. The summed E-state index contributed by atoms with van der Waals surface area (Å²) in [6.07, 6.45) is 2.67. The van der Waals surface area contributed by atoms with E-state index in [1.165, 1.54) is 0 Å². The van der Waals surface area contributed by atoms with E-state index in [2.05, 4.69) is 20.3 Å². The van der Waals surface area contributed by atoms with E-state index in [-0.39, 0.29) is 11.8 Å². The maximum absolute atomic E-state index is 12.6. The van der Waals surface area contributed by atoms with Crippen LogP contribution in [0.5, 0.6) is 0 Å². The molecule has 8 heteroatoms. The van der Waals surface area contributed by atoms with E-state index in [1.54, 1.807) is 6.92 Å². The van der Waals surface area contributed by atoms with Crippen molar-refractivity contribution in [2.24, 2.45) is 0 Å². The van der Waals surface area contributed by atoms with Crippen LogP contribution in [0.15, 0.2) is 33.3 Å². The molecule has 0 N–H and O–H groups in total. The smallest absolute Gasteiger partial charge is 0.227 e. The predicted molar refractivity (Wildman–Crippen MR) is 100 cm³/mol. The van der Waals surface area contributed by atoms with Crippen LogP contribution < -0.4 is 0 Å². The molecule has 146 valence electrons. The Kier molecular flexibility index (Phi) is 5.18. The van der Waals surface area contributed by atoms with Crippen molar-refractivity contribution in [1.29, 1.82) is 0 Å². The molecule has 3 aromatic rings. The molecule has 1 aliphatic heterocycles. The topological polar surface area (TPSA) is 98.2 Å². The van der Waals surface area contributed by atoms with Gasteiger partial charge in [0, 0.05) is 44.3 Å². The second-order valence-electron chi connectivity index (χ2n) is 7.23. The van der Waals surface area contributed by atoms with Gasteiger partial charge in [-0.2, -0.15) is 9.97 Å². The van der Waals surface area contributed by atoms with Crippen molar-refractivity contribution in [3.63, 3.8) is 0 Å². The van der Waals surface area contributed by atoms with Gasteiger partial charge in [0.15, 0.2) is 5.82 Å². The van der Waals surface area contributed by atoms with Crippen LogP contribution in [0.4, 0.5) is 0 Å². The maximum atomic E-state index is 12.6. The van der Waals surface area contributed by atoms with Crippen LogP contribution in [0.25, 0.3) is 11.4 Å². The van der Waals surface area contributed by atoms with Gasteiger partial charge in [0.1, 0.15) is 0 Å². The molecule has 2 aromatic heterocycles. The number of carbonyl (C=O) groups is 1. The van der Waals surface area contributed by atoms with Gasteiger partial charge < -0.3 is 13.9 Å². The third kappa shape index (κ3) is 4.11. The number of benzene rings is 1. The molecule has 1 atom stereocenters. The van der Waals surface area contributed by atoms with Crippen LogP contribution in [0, 0.1) is 13.8 Å². The second kappa shape index (κ2) is 7.92. The summed E-state index contributed by atoms with van der Waals surface area (Å²) in [7, 11) is 0. The third-order valence-corrected chi connectivity index (χ3v) is 4.98. The van der Waals surface area contributed by atoms with Gasteiger partial charge >= 0.3 is 0 Å². The number of aromatic nitrogens is 4. The van der Waals surface area contributed by atoms with Gasteiger partial charge in [-0.25, -0.2) is 0 Å². The monoisotopic (exact) mass is 381 g/mol. The van der Waals surface area contributed by atoms with Crippen LogP contribution in [0.1, 0.15) is 48.3 Å². The summed E-state index contributed by atoms with van der Waals surface area (Å²) in [4.78, 5) is 23.3. The SMILES string of the molecule is Cc1cccc(-c2noc(CCC(=O)N3CCC[C@@H](c4noc(C)n4)C3)n2)c1. The Morgan fingerprint density at radius 1 is 1.21 bits per heavy atom. The lowest BCUT2D eigenvalue weighted by molar-refractivity contribution is -0.132. The zero-order valence-corrected chi connectivity index (χ0v) is 16.1. The minimum atomic E-state index is 0.0835. The molecule has 3 heterocycles. The summed E-state index contributed by atoms with van der Waals surface area (Å²) in [6.45, 7) is 5.17. The third-order valence-electron chi connectivity index (χ3n) is 4.98. The van der Waals surface area contributed by atoms with Crippen molar-refractivity contribution in [2.75, 3.05) is 13.1 Å². The van der Waals surface area contributed by atoms with Crippen molar-refractivity contribution >= 4 is 5.91 Å². The first kappa shape index (κ1) is 18.3. The number of amides is 1. The lowest BCUT2D eigenvalue weighted by Crippen LogP contribution is -2.39. The Balaban J connectivity index is 1.34. The van der Waals surface area contributed by atoms with Crippen LogP contribution in [-0.4, -0.2) is 44.2 Å². The molecular formula is C20H23N5O3. The fourth-order valence-corrected chi connectivity index (χ4v) is 3.52. The molecule has 0 saturated carbocycles. The zero-order valence-electron chi connectivity index (χ0n) is 16.1. The van der Waals surface area contributed by atoms with E-state index in [4.69, 9.17) is 9.05 Å². The minimum absolute atomic E-state index is 0.0835. The first-order chi connectivity index (χ1) is 13.6. The molecular weight excluding hydrogens is 358 g/mol. The van der Waals surface area contributed by atoms with Gasteiger partial charge in [-0.15, -0.1) is 0 Å². The summed E-state index contributed by atoms with van der Waals surface area (Å²) < 4.78 is 10.4. The van der Waals surface area contributed by atoms with Crippen LogP contribution in [-0.2, 0) is 11.2 Å². The number of carbonyl (C=O) groups excluding carboxylic acids is 1. The molecule has 0 unspecified atom stereocenters. The lowest BCUT2D eigenvalue weighted by Gasteiger charge is -2.31. The Morgan fingerprint density at radius 2 is 2.11 bits per heavy atom. The molecule has 0 radical (unpaired) electrons. The highest BCUT2D eigenvalue weighted by atomic mass is 16.5. The van der Waals surface area contributed by atoms with Gasteiger partial charge in [-0.1, -0.05) is 34.1 Å². The highest BCUT2D eigenvalue weighted by Crippen LogP contribution is 2.25. The van der Waals surface area contributed by atoms with Crippen molar-refractivity contribution in [3.8, 4) is 11.4 Å². The highest BCUT2D eigenvalue weighted by molar-refractivity contribution is 5.76. The highest BCUT2D eigenvalue weighted by Gasteiger charge is 2.27. The molecule has 1 fully saturated rings. The van der Waals surface area contributed by atoms with Crippen molar-refractivity contribution in [2.45, 2.75) is 45.4 Å². The number of piperidine rings is 1. The van der Waals surface area contributed by atoms with Gasteiger partial charge in [0.25, 0.3) is 0 Å². The van der Waals surface area contributed by atoms with Gasteiger partial charge in [0.2, 0.25) is 23.5 Å². The number of likely N-dealkylation sites (tertiary alicyclic amines) is 1. The van der Waals surface area contributed by atoms with E-state index in [1.807, 2.05) is 36.1 Å². The Hall–Kier alpha value is -3.03. The van der Waals surface area contributed by atoms with Gasteiger partial charge in [-0.05, 0) is 25.8 Å². The number of nitrogens with zero attached hydrogens (tertiary/aromatic N) is 5. The van der Waals surface area contributed by atoms with E-state index in [9.17, 15) is 4.79 Å². The van der Waals surface area contributed by atoms with Gasteiger partial charge in [0.05, 0.1) is 0 Å². The quantitative estimate of drug-likeness (QED) is 0.670. The molecule has 28 heavy (non-hydrogen) atoms. The first-order valence-electron chi connectivity index (χ1n) is 9.56.